The molecule has 224 valence electrons. The van der Waals surface area contributed by atoms with E-state index < -0.39 is 11.9 Å². The Labute approximate surface area is 248 Å². The second-order valence-electron chi connectivity index (χ2n) is 10.1. The van der Waals surface area contributed by atoms with Gasteiger partial charge in [0.2, 0.25) is 5.82 Å². The Bertz CT molecular complexity index is 1630. The number of rotatable bonds is 11. The third-order valence-corrected chi connectivity index (χ3v) is 6.65. The highest BCUT2D eigenvalue weighted by molar-refractivity contribution is 5.94. The van der Waals surface area contributed by atoms with Crippen molar-refractivity contribution < 1.29 is 34.4 Å². The first-order valence-electron chi connectivity index (χ1n) is 13.7. The van der Waals surface area contributed by atoms with Gasteiger partial charge in [0.15, 0.2) is 5.82 Å². The number of ether oxygens (including phenoxy) is 1. The number of phenols is 2. The van der Waals surface area contributed by atoms with E-state index in [0.29, 0.717) is 40.4 Å². The largest absolute Gasteiger partial charge is 0.508 e. The molecule has 2 amide bonds. The van der Waals surface area contributed by atoms with Gasteiger partial charge in [-0.25, -0.2) is 0 Å². The topological polar surface area (TPSA) is 167 Å². The lowest BCUT2D eigenvalue weighted by molar-refractivity contribution is -0.137. The molecule has 4 rings (SSSR count). The van der Waals surface area contributed by atoms with Gasteiger partial charge in [-0.3, -0.25) is 19.0 Å². The van der Waals surface area contributed by atoms with Crippen LogP contribution in [0.2, 0.25) is 0 Å². The molecule has 0 radical (unpaired) electrons. The molecule has 4 N–H and O–H groups in total. The highest BCUT2D eigenvalue weighted by atomic mass is 16.5. The van der Waals surface area contributed by atoms with Crippen molar-refractivity contribution in [3.05, 3.63) is 77.6 Å². The number of carboxylic acids is 1. The minimum atomic E-state index is -0.978. The Morgan fingerprint density at radius 2 is 1.58 bits per heavy atom. The van der Waals surface area contributed by atoms with E-state index in [4.69, 9.17) is 9.84 Å². The van der Waals surface area contributed by atoms with Crippen molar-refractivity contribution in [2.24, 2.45) is 0 Å². The first-order valence-corrected chi connectivity index (χ1v) is 13.7. The third-order valence-electron chi connectivity index (χ3n) is 6.65. The van der Waals surface area contributed by atoms with Gasteiger partial charge in [-0.05, 0) is 73.0 Å². The number of carbonyl (C=O) groups excluding carboxylic acids is 2. The van der Waals surface area contributed by atoms with Gasteiger partial charge >= 0.3 is 5.97 Å². The minimum Gasteiger partial charge on any atom is -0.508 e. The van der Waals surface area contributed by atoms with Crippen LogP contribution in [-0.4, -0.2) is 72.9 Å². The second kappa shape index (κ2) is 13.1. The van der Waals surface area contributed by atoms with Crippen LogP contribution in [0, 0.1) is 0 Å². The number of carbonyl (C=O) groups is 3. The summed E-state index contributed by atoms with van der Waals surface area (Å²) in [4.78, 5) is 37.5. The van der Waals surface area contributed by atoms with Crippen LogP contribution in [0.5, 0.6) is 23.0 Å². The number of aliphatic carboxylic acids is 1. The van der Waals surface area contributed by atoms with Gasteiger partial charge in [-0.1, -0.05) is 13.8 Å². The van der Waals surface area contributed by atoms with Crippen LogP contribution in [0.3, 0.4) is 0 Å². The Balaban J connectivity index is 1.62. The van der Waals surface area contributed by atoms with Crippen molar-refractivity contribution in [3.63, 3.8) is 0 Å². The maximum atomic E-state index is 12.9. The predicted molar refractivity (Wildman–Crippen MR) is 158 cm³/mol. The summed E-state index contributed by atoms with van der Waals surface area (Å²) in [5.41, 5.74) is 1.82. The summed E-state index contributed by atoms with van der Waals surface area (Å²) in [6, 6.07) is 16.1. The molecule has 0 bridgehead atoms. The van der Waals surface area contributed by atoms with Crippen molar-refractivity contribution in [1.82, 2.24) is 25.0 Å². The maximum absolute atomic E-state index is 12.9. The van der Waals surface area contributed by atoms with Crippen molar-refractivity contribution >= 4 is 17.8 Å². The average Bonchev–Trinajstić information content (AvgIpc) is 3.41. The SMILES string of the molecule is CCNC(=O)c1nnc(-c2cc(C(C)C)c(O)cc2O)n1-c1ccc(Oc2ccc(C(=O)N(C)CCC(=O)O)cc2)cc1. The van der Waals surface area contributed by atoms with Gasteiger partial charge in [-0.2, -0.15) is 0 Å². The summed E-state index contributed by atoms with van der Waals surface area (Å²) in [6.45, 7) is 6.07. The third kappa shape index (κ3) is 6.92. The molecule has 0 unspecified atom stereocenters. The number of hydrogen-bond acceptors (Lipinski definition) is 8. The first kappa shape index (κ1) is 30.6. The second-order valence-corrected chi connectivity index (χ2v) is 10.1. The van der Waals surface area contributed by atoms with E-state index in [2.05, 4.69) is 15.5 Å². The number of aromatic hydroxyl groups is 2. The number of hydrogen-bond donors (Lipinski definition) is 4. The van der Waals surface area contributed by atoms with Crippen molar-refractivity contribution in [1.29, 1.82) is 0 Å². The summed E-state index contributed by atoms with van der Waals surface area (Å²) < 4.78 is 7.46. The van der Waals surface area contributed by atoms with Crippen molar-refractivity contribution in [2.75, 3.05) is 20.1 Å². The molecule has 4 aromatic rings. The number of nitrogens with zero attached hydrogens (tertiary/aromatic N) is 4. The van der Waals surface area contributed by atoms with Gasteiger partial charge in [-0.15, -0.1) is 10.2 Å². The molecule has 0 aliphatic heterocycles. The van der Waals surface area contributed by atoms with Crippen LogP contribution in [0.25, 0.3) is 17.1 Å². The van der Waals surface area contributed by atoms with E-state index in [1.165, 1.54) is 15.5 Å². The average molecular weight is 588 g/mol. The van der Waals surface area contributed by atoms with E-state index in [0.717, 1.165) is 0 Å². The Hall–Kier alpha value is -5.39. The molecule has 0 atom stereocenters. The lowest BCUT2D eigenvalue weighted by Crippen LogP contribution is -2.28. The standard InChI is InChI=1S/C31H33N5O7/c1-5-32-30(41)29-34-33-28(24-16-23(18(2)3)25(37)17-26(24)38)36(29)20-8-12-22(13-9-20)43-21-10-6-19(7-11-21)31(42)35(4)15-14-27(39)40/h6-13,16-18,37-38H,5,14-15H2,1-4H3,(H,32,41)(H,39,40). The number of phenolic OH excluding ortho intramolecular Hbond substituents is 2. The molecule has 0 saturated heterocycles. The summed E-state index contributed by atoms with van der Waals surface area (Å²) >= 11 is 0. The fourth-order valence-corrected chi connectivity index (χ4v) is 4.38. The molecular weight excluding hydrogens is 554 g/mol. The number of carboxylic acid groups (broad SMARTS) is 1. The summed E-state index contributed by atoms with van der Waals surface area (Å²) in [7, 11) is 1.54. The van der Waals surface area contributed by atoms with Crippen LogP contribution in [0.4, 0.5) is 0 Å². The van der Waals surface area contributed by atoms with Crippen LogP contribution in [-0.2, 0) is 4.79 Å². The molecule has 0 fully saturated rings. The van der Waals surface area contributed by atoms with Crippen LogP contribution in [0.15, 0.2) is 60.7 Å². The zero-order chi connectivity index (χ0) is 31.3. The summed E-state index contributed by atoms with van der Waals surface area (Å²) in [6.07, 6.45) is -0.143. The Morgan fingerprint density at radius 3 is 2.16 bits per heavy atom. The van der Waals surface area contributed by atoms with Gasteiger partial charge < -0.3 is 30.3 Å². The van der Waals surface area contributed by atoms with Gasteiger partial charge in [0, 0.05) is 37.5 Å². The molecule has 0 aliphatic rings. The lowest BCUT2D eigenvalue weighted by atomic mass is 9.98. The molecule has 43 heavy (non-hydrogen) atoms. The van der Waals surface area contributed by atoms with E-state index in [1.807, 2.05) is 13.8 Å². The van der Waals surface area contributed by atoms with Crippen LogP contribution >= 0.6 is 0 Å². The van der Waals surface area contributed by atoms with Gasteiger partial charge in [0.25, 0.3) is 11.8 Å². The van der Waals surface area contributed by atoms with Crippen molar-refractivity contribution in [2.45, 2.75) is 33.1 Å². The maximum Gasteiger partial charge on any atom is 0.305 e. The van der Waals surface area contributed by atoms with E-state index in [-0.39, 0.29) is 47.9 Å². The fourth-order valence-electron chi connectivity index (χ4n) is 4.38. The first-order chi connectivity index (χ1) is 20.5. The van der Waals surface area contributed by atoms with Crippen molar-refractivity contribution in [3.8, 4) is 40.1 Å². The van der Waals surface area contributed by atoms with Gasteiger partial charge in [0.1, 0.15) is 23.0 Å². The molecule has 1 aromatic heterocycles. The fraction of sp³-hybridized carbons (Fsp3) is 0.258. The van der Waals surface area contributed by atoms with E-state index in [9.17, 15) is 24.6 Å². The normalized spacial score (nSPS) is 10.9. The molecule has 12 nitrogen and oxygen atoms in total. The summed E-state index contributed by atoms with van der Waals surface area (Å²) in [5.74, 6) is -0.860. The number of aromatic nitrogens is 3. The molecule has 0 spiro atoms. The zero-order valence-corrected chi connectivity index (χ0v) is 24.2. The molecule has 12 heteroatoms. The van der Waals surface area contributed by atoms with Crippen LogP contribution < -0.4 is 10.1 Å². The summed E-state index contributed by atoms with van der Waals surface area (Å²) in [5, 5.41) is 40.9. The highest BCUT2D eigenvalue weighted by Crippen LogP contribution is 2.38. The molecule has 0 saturated carbocycles. The molecule has 0 aliphatic carbocycles. The Morgan fingerprint density at radius 1 is 0.953 bits per heavy atom. The Kier molecular flexibility index (Phi) is 9.29. The number of amides is 2. The minimum absolute atomic E-state index is 0.0117. The van der Waals surface area contributed by atoms with Gasteiger partial charge in [0.05, 0.1) is 12.0 Å². The highest BCUT2D eigenvalue weighted by Gasteiger charge is 2.24. The van der Waals surface area contributed by atoms with E-state index >= 15 is 0 Å². The zero-order valence-electron chi connectivity index (χ0n) is 24.2. The lowest BCUT2D eigenvalue weighted by Gasteiger charge is -2.16. The van der Waals surface area contributed by atoms with Crippen LogP contribution in [0.1, 0.15) is 59.7 Å². The predicted octanol–water partition coefficient (Wildman–Crippen LogP) is 4.56. The van der Waals surface area contributed by atoms with E-state index in [1.54, 1.807) is 68.6 Å². The molecule has 3 aromatic carbocycles. The monoisotopic (exact) mass is 587 g/mol. The number of nitrogens with one attached hydrogen (secondary N) is 1. The smallest absolute Gasteiger partial charge is 0.305 e. The molecular formula is C31H33N5O7. The molecule has 1 heterocycles. The quantitative estimate of drug-likeness (QED) is 0.197. The number of benzene rings is 3.